The second-order valence-electron chi connectivity index (χ2n) is 6.94. The highest BCUT2D eigenvalue weighted by atomic mass is 35.5. The Balaban J connectivity index is 1.62. The molecule has 126 valence electrons. The van der Waals surface area contributed by atoms with Crippen LogP contribution in [0.4, 0.5) is 0 Å². The van der Waals surface area contributed by atoms with Gasteiger partial charge in [0.2, 0.25) is 0 Å². The summed E-state index contributed by atoms with van der Waals surface area (Å²) in [6.45, 7) is 2.48. The highest BCUT2D eigenvalue weighted by Crippen LogP contribution is 2.38. The summed E-state index contributed by atoms with van der Waals surface area (Å²) in [4.78, 5) is 18.8. The molecular formula is C19H21ClN2O2. The zero-order valence-corrected chi connectivity index (χ0v) is 14.3. The van der Waals surface area contributed by atoms with Crippen LogP contribution in [0, 0.1) is 0 Å². The summed E-state index contributed by atoms with van der Waals surface area (Å²) < 4.78 is 0. The van der Waals surface area contributed by atoms with Crippen molar-refractivity contribution in [2.24, 2.45) is 0 Å². The monoisotopic (exact) mass is 344 g/mol. The molecule has 0 radical (unpaired) electrons. The van der Waals surface area contributed by atoms with E-state index in [4.69, 9.17) is 16.6 Å². The van der Waals surface area contributed by atoms with Crippen LogP contribution in [0.1, 0.15) is 54.1 Å². The fourth-order valence-electron chi connectivity index (χ4n) is 4.30. The predicted molar refractivity (Wildman–Crippen MR) is 94.9 cm³/mol. The first-order chi connectivity index (χ1) is 11.6. The summed E-state index contributed by atoms with van der Waals surface area (Å²) in [6.07, 6.45) is 6.23. The van der Waals surface area contributed by atoms with Crippen LogP contribution in [0.15, 0.2) is 24.3 Å². The fourth-order valence-corrected chi connectivity index (χ4v) is 4.55. The van der Waals surface area contributed by atoms with E-state index in [0.717, 1.165) is 17.6 Å². The van der Waals surface area contributed by atoms with Crippen LogP contribution in [0.2, 0.25) is 5.02 Å². The van der Waals surface area contributed by atoms with Gasteiger partial charge >= 0.3 is 5.97 Å². The third-order valence-electron chi connectivity index (χ3n) is 5.54. The number of hydrogen-bond acceptors (Lipinski definition) is 3. The van der Waals surface area contributed by atoms with E-state index in [2.05, 4.69) is 4.90 Å². The van der Waals surface area contributed by atoms with Crippen molar-refractivity contribution in [1.29, 1.82) is 0 Å². The molecule has 2 heterocycles. The zero-order chi connectivity index (χ0) is 16.7. The summed E-state index contributed by atoms with van der Waals surface area (Å²) in [5, 5.41) is 10.3. The standard InChI is InChI=1S/C19H21ClN2O2/c20-15-6-8-17-14(18(15)19(23)24)5-7-16(21-17)12-3-4-13(11-12)22-9-1-2-10-22/h5-8,12-13H,1-4,9-11H2,(H,23,24). The molecule has 1 aliphatic heterocycles. The number of nitrogens with zero attached hydrogens (tertiary/aromatic N) is 2. The van der Waals surface area contributed by atoms with Gasteiger partial charge in [0, 0.05) is 23.0 Å². The van der Waals surface area contributed by atoms with E-state index in [0.29, 0.717) is 17.3 Å². The van der Waals surface area contributed by atoms with Gasteiger partial charge in [-0.15, -0.1) is 0 Å². The molecule has 5 heteroatoms. The Kier molecular flexibility index (Phi) is 4.19. The Bertz CT molecular complexity index is 786. The molecule has 2 aliphatic rings. The first-order valence-electron chi connectivity index (χ1n) is 8.70. The fraction of sp³-hybridized carbons (Fsp3) is 0.474. The smallest absolute Gasteiger partial charge is 0.337 e. The van der Waals surface area contributed by atoms with E-state index < -0.39 is 5.97 Å². The van der Waals surface area contributed by atoms with E-state index in [-0.39, 0.29) is 10.6 Å². The number of carbonyl (C=O) groups is 1. The van der Waals surface area contributed by atoms with Crippen molar-refractivity contribution in [2.45, 2.75) is 44.1 Å². The maximum absolute atomic E-state index is 11.4. The summed E-state index contributed by atoms with van der Waals surface area (Å²) >= 11 is 6.04. The number of aromatic carboxylic acids is 1. The SMILES string of the molecule is O=C(O)c1c(Cl)ccc2nc(C3CCC(N4CCCC4)C3)ccc12. The van der Waals surface area contributed by atoms with E-state index in [1.165, 1.54) is 38.8 Å². The number of aromatic nitrogens is 1. The molecule has 1 aromatic heterocycles. The number of carboxylic acids is 1. The van der Waals surface area contributed by atoms with Crippen LogP contribution < -0.4 is 0 Å². The average Bonchev–Trinajstić information content (AvgIpc) is 3.25. The molecule has 1 saturated heterocycles. The number of pyridine rings is 1. The Morgan fingerprint density at radius 3 is 2.71 bits per heavy atom. The van der Waals surface area contributed by atoms with Gasteiger partial charge in [0.1, 0.15) is 0 Å². The van der Waals surface area contributed by atoms with Crippen molar-refractivity contribution >= 4 is 28.5 Å². The lowest BCUT2D eigenvalue weighted by Crippen LogP contribution is -2.30. The number of halogens is 1. The Morgan fingerprint density at radius 1 is 1.17 bits per heavy atom. The van der Waals surface area contributed by atoms with Crippen molar-refractivity contribution in [3.63, 3.8) is 0 Å². The van der Waals surface area contributed by atoms with Gasteiger partial charge in [-0.05, 0) is 63.4 Å². The number of benzene rings is 1. The van der Waals surface area contributed by atoms with Crippen molar-refractivity contribution in [2.75, 3.05) is 13.1 Å². The largest absolute Gasteiger partial charge is 0.478 e. The molecule has 0 bridgehead atoms. The molecule has 0 amide bonds. The Hall–Kier alpha value is -1.65. The third kappa shape index (κ3) is 2.78. The quantitative estimate of drug-likeness (QED) is 0.901. The first kappa shape index (κ1) is 15.9. The Morgan fingerprint density at radius 2 is 1.96 bits per heavy atom. The third-order valence-corrected chi connectivity index (χ3v) is 5.85. The van der Waals surface area contributed by atoms with Gasteiger partial charge in [-0.1, -0.05) is 17.7 Å². The molecule has 2 atom stereocenters. The normalized spacial score (nSPS) is 24.7. The van der Waals surface area contributed by atoms with Gasteiger partial charge in [0.25, 0.3) is 0 Å². The number of carboxylic acid groups (broad SMARTS) is 1. The van der Waals surface area contributed by atoms with Crippen LogP contribution in [0.5, 0.6) is 0 Å². The number of rotatable bonds is 3. The van der Waals surface area contributed by atoms with Crippen molar-refractivity contribution in [3.05, 3.63) is 40.5 Å². The summed E-state index contributed by atoms with van der Waals surface area (Å²) in [5.74, 6) is -0.529. The molecule has 1 N–H and O–H groups in total. The second kappa shape index (κ2) is 6.34. The van der Waals surface area contributed by atoms with Crippen molar-refractivity contribution in [1.82, 2.24) is 9.88 Å². The molecule has 1 aliphatic carbocycles. The topological polar surface area (TPSA) is 53.4 Å². The minimum Gasteiger partial charge on any atom is -0.478 e. The van der Waals surface area contributed by atoms with Crippen molar-refractivity contribution in [3.8, 4) is 0 Å². The summed E-state index contributed by atoms with van der Waals surface area (Å²) in [6, 6.07) is 8.00. The van der Waals surface area contributed by atoms with Gasteiger partial charge in [-0.25, -0.2) is 4.79 Å². The molecule has 4 nitrogen and oxygen atoms in total. The highest BCUT2D eigenvalue weighted by molar-refractivity contribution is 6.35. The summed E-state index contributed by atoms with van der Waals surface area (Å²) in [7, 11) is 0. The predicted octanol–water partition coefficient (Wildman–Crippen LogP) is 4.32. The van der Waals surface area contributed by atoms with E-state index in [9.17, 15) is 9.90 Å². The van der Waals surface area contributed by atoms with Crippen LogP contribution in [0.25, 0.3) is 10.9 Å². The minimum absolute atomic E-state index is 0.148. The Labute approximate surface area is 146 Å². The van der Waals surface area contributed by atoms with Gasteiger partial charge in [-0.2, -0.15) is 0 Å². The lowest BCUT2D eigenvalue weighted by Gasteiger charge is -2.23. The first-order valence-corrected chi connectivity index (χ1v) is 9.08. The molecule has 2 fully saturated rings. The van der Waals surface area contributed by atoms with Gasteiger partial charge in [0.05, 0.1) is 16.1 Å². The molecule has 4 rings (SSSR count). The molecule has 2 aromatic rings. The molecule has 1 aromatic carbocycles. The lowest BCUT2D eigenvalue weighted by atomic mass is 10.0. The number of likely N-dealkylation sites (tertiary alicyclic amines) is 1. The van der Waals surface area contributed by atoms with Crippen LogP contribution in [-0.4, -0.2) is 40.1 Å². The number of hydrogen-bond donors (Lipinski definition) is 1. The van der Waals surface area contributed by atoms with Crippen LogP contribution in [0.3, 0.4) is 0 Å². The average molecular weight is 345 g/mol. The lowest BCUT2D eigenvalue weighted by molar-refractivity contribution is 0.0699. The maximum Gasteiger partial charge on any atom is 0.337 e. The van der Waals surface area contributed by atoms with Gasteiger partial charge in [-0.3, -0.25) is 4.98 Å². The number of fused-ring (bicyclic) bond motifs is 1. The van der Waals surface area contributed by atoms with E-state index >= 15 is 0 Å². The molecular weight excluding hydrogens is 324 g/mol. The van der Waals surface area contributed by atoms with Gasteiger partial charge in [0.15, 0.2) is 0 Å². The highest BCUT2D eigenvalue weighted by Gasteiger charge is 2.32. The van der Waals surface area contributed by atoms with Crippen LogP contribution in [-0.2, 0) is 0 Å². The van der Waals surface area contributed by atoms with E-state index in [1.807, 2.05) is 18.2 Å². The molecule has 2 unspecified atom stereocenters. The molecule has 0 spiro atoms. The second-order valence-corrected chi connectivity index (χ2v) is 7.34. The van der Waals surface area contributed by atoms with Crippen LogP contribution >= 0.6 is 11.6 Å². The molecule has 1 saturated carbocycles. The minimum atomic E-state index is -1.00. The maximum atomic E-state index is 11.4. The van der Waals surface area contributed by atoms with Crippen molar-refractivity contribution < 1.29 is 9.90 Å². The van der Waals surface area contributed by atoms with Gasteiger partial charge < -0.3 is 10.0 Å². The van der Waals surface area contributed by atoms with E-state index in [1.54, 1.807) is 6.07 Å². The molecule has 24 heavy (non-hydrogen) atoms. The zero-order valence-electron chi connectivity index (χ0n) is 13.5. The summed E-state index contributed by atoms with van der Waals surface area (Å²) in [5.41, 5.74) is 1.95.